The molecule has 0 fully saturated rings. The second-order valence-corrected chi connectivity index (χ2v) is 7.21. The molecule has 0 bridgehead atoms. The summed E-state index contributed by atoms with van der Waals surface area (Å²) in [6, 6.07) is 7.28. The van der Waals surface area contributed by atoms with E-state index in [9.17, 15) is 9.18 Å². The Morgan fingerprint density at radius 2 is 2.14 bits per heavy atom. The highest BCUT2D eigenvalue weighted by Crippen LogP contribution is 2.35. The summed E-state index contributed by atoms with van der Waals surface area (Å²) in [5.74, 6) is -0.690. The van der Waals surface area contributed by atoms with E-state index >= 15 is 0 Å². The van der Waals surface area contributed by atoms with Crippen LogP contribution in [0.25, 0.3) is 11.8 Å². The number of esters is 1. The highest BCUT2D eigenvalue weighted by molar-refractivity contribution is 5.79. The molecule has 1 unspecified atom stereocenters. The molecule has 0 saturated heterocycles. The first-order valence-corrected chi connectivity index (χ1v) is 9.82. The number of rotatable bonds is 7. The fourth-order valence-electron chi connectivity index (χ4n) is 4.09. The highest BCUT2D eigenvalue weighted by Gasteiger charge is 2.37. The number of carbonyl (C=O) groups excluding carboxylic acids is 1. The number of allylic oxidation sites excluding steroid dienone is 2. The van der Waals surface area contributed by atoms with E-state index in [4.69, 9.17) is 4.74 Å². The van der Waals surface area contributed by atoms with Gasteiger partial charge in [0.1, 0.15) is 18.1 Å². The molecule has 4 rings (SSSR count). The minimum Gasteiger partial charge on any atom is -0.466 e. The lowest BCUT2D eigenvalue weighted by Gasteiger charge is -2.37. The quantitative estimate of drug-likeness (QED) is 0.412. The third kappa shape index (κ3) is 3.89. The largest absolute Gasteiger partial charge is 0.466 e. The molecule has 0 amide bonds. The number of hydrogen-bond donors (Lipinski definition) is 0. The number of aromatic nitrogens is 2. The van der Waals surface area contributed by atoms with Gasteiger partial charge in [-0.2, -0.15) is 4.39 Å². The van der Waals surface area contributed by atoms with Crippen LogP contribution in [0.2, 0.25) is 0 Å². The summed E-state index contributed by atoms with van der Waals surface area (Å²) in [6.07, 6.45) is 12.6. The van der Waals surface area contributed by atoms with Crippen molar-refractivity contribution in [2.45, 2.75) is 26.3 Å². The summed E-state index contributed by atoms with van der Waals surface area (Å²) in [4.78, 5) is 20.2. The summed E-state index contributed by atoms with van der Waals surface area (Å²) >= 11 is 0. The van der Waals surface area contributed by atoms with E-state index in [0.717, 1.165) is 27.4 Å². The van der Waals surface area contributed by atoms with Crippen LogP contribution in [0.5, 0.6) is 0 Å². The zero-order valence-electron chi connectivity index (χ0n) is 16.3. The van der Waals surface area contributed by atoms with Gasteiger partial charge in [-0.1, -0.05) is 6.07 Å². The molecular weight excluding hydrogens is 369 g/mol. The van der Waals surface area contributed by atoms with Gasteiger partial charge in [0.2, 0.25) is 5.95 Å². The number of quaternary nitrogens is 1. The standard InChI is InChI=1S/C23H23FN3O2/c1-2-29-21(28)8-5-13-27(16-17-9-11-25-20(24)14-17)12-4-7-19-15-18-6-3-10-26-22(18)23(19)27/h3-4,6-7,9-12,14-15H,2,5,8,13,16H2,1H3/q+1. The molecule has 0 aromatic carbocycles. The maximum Gasteiger partial charge on any atom is 0.305 e. The van der Waals surface area contributed by atoms with Gasteiger partial charge in [-0.15, -0.1) is 0 Å². The number of fused-ring (bicyclic) bond motifs is 2. The first kappa shape index (κ1) is 19.2. The molecule has 1 aliphatic carbocycles. The number of ether oxygens (including phenoxy) is 1. The summed E-state index contributed by atoms with van der Waals surface area (Å²) in [7, 11) is 0. The van der Waals surface area contributed by atoms with E-state index in [1.165, 1.54) is 12.3 Å². The summed E-state index contributed by atoms with van der Waals surface area (Å²) in [6.45, 7) is 3.41. The lowest BCUT2D eigenvalue weighted by atomic mass is 10.0. The summed E-state index contributed by atoms with van der Waals surface area (Å²) in [5.41, 5.74) is 3.03. The number of carbonyl (C=O) groups is 1. The molecule has 5 nitrogen and oxygen atoms in total. The van der Waals surface area contributed by atoms with Gasteiger partial charge in [-0.3, -0.25) is 9.28 Å². The predicted molar refractivity (Wildman–Crippen MR) is 107 cm³/mol. The topological polar surface area (TPSA) is 52.1 Å². The second kappa shape index (κ2) is 8.09. The molecule has 0 radical (unpaired) electrons. The summed E-state index contributed by atoms with van der Waals surface area (Å²) < 4.78 is 19.3. The van der Waals surface area contributed by atoms with E-state index in [2.05, 4.69) is 28.3 Å². The van der Waals surface area contributed by atoms with Crippen LogP contribution in [-0.2, 0) is 16.1 Å². The van der Waals surface area contributed by atoms with Gasteiger partial charge >= 0.3 is 5.97 Å². The molecule has 148 valence electrons. The second-order valence-electron chi connectivity index (χ2n) is 7.21. The Balaban J connectivity index is 1.75. The normalized spacial score (nSPS) is 19.2. The minimum absolute atomic E-state index is 0.195. The monoisotopic (exact) mass is 392 g/mol. The van der Waals surface area contributed by atoms with Crippen LogP contribution in [0.1, 0.15) is 25.3 Å². The maximum atomic E-state index is 13.8. The Bertz CT molecular complexity index is 1120. The van der Waals surface area contributed by atoms with E-state index in [1.54, 1.807) is 13.1 Å². The van der Waals surface area contributed by atoms with Crippen LogP contribution < -0.4 is 10.6 Å². The van der Waals surface area contributed by atoms with Crippen molar-refractivity contribution in [1.29, 1.82) is 0 Å². The van der Waals surface area contributed by atoms with Crippen LogP contribution in [0, 0.1) is 5.95 Å². The Kier molecular flexibility index (Phi) is 5.36. The van der Waals surface area contributed by atoms with Crippen LogP contribution in [0.15, 0.2) is 60.6 Å². The Labute approximate surface area is 168 Å². The fourth-order valence-corrected chi connectivity index (χ4v) is 4.09. The van der Waals surface area contributed by atoms with Crippen molar-refractivity contribution >= 4 is 17.7 Å². The molecule has 0 spiro atoms. The number of halogens is 1. The Hall–Kier alpha value is -3.12. The molecular formula is C23H23FN3O2+. The van der Waals surface area contributed by atoms with Gasteiger partial charge in [0.25, 0.3) is 0 Å². The molecule has 2 aromatic heterocycles. The van der Waals surface area contributed by atoms with E-state index in [-0.39, 0.29) is 5.97 Å². The predicted octanol–water partition coefficient (Wildman–Crippen LogP) is 2.33. The van der Waals surface area contributed by atoms with Gasteiger partial charge in [-0.25, -0.2) is 9.97 Å². The molecule has 0 saturated carbocycles. The maximum absolute atomic E-state index is 13.8. The van der Waals surface area contributed by atoms with Gasteiger partial charge in [0.05, 0.1) is 19.6 Å². The molecule has 1 atom stereocenters. The molecule has 3 heterocycles. The van der Waals surface area contributed by atoms with Gasteiger partial charge in [0.15, 0.2) is 5.70 Å². The van der Waals surface area contributed by atoms with Gasteiger partial charge < -0.3 is 4.74 Å². The fraction of sp³-hybridized carbons (Fsp3) is 0.261. The highest BCUT2D eigenvalue weighted by atomic mass is 19.1. The zero-order valence-corrected chi connectivity index (χ0v) is 16.3. The lowest BCUT2D eigenvalue weighted by Crippen LogP contribution is -2.46. The smallest absolute Gasteiger partial charge is 0.305 e. The third-order valence-electron chi connectivity index (χ3n) is 5.24. The van der Waals surface area contributed by atoms with E-state index < -0.39 is 5.95 Å². The first-order chi connectivity index (χ1) is 14.1. The van der Waals surface area contributed by atoms with E-state index in [0.29, 0.717) is 37.0 Å². The Morgan fingerprint density at radius 3 is 2.97 bits per heavy atom. The number of nitrogens with zero attached hydrogens (tertiary/aromatic N) is 3. The lowest BCUT2D eigenvalue weighted by molar-refractivity contribution is -0.823. The molecule has 2 aromatic rings. The van der Waals surface area contributed by atoms with Crippen LogP contribution >= 0.6 is 0 Å². The molecule has 6 heteroatoms. The molecule has 0 N–H and O–H groups in total. The molecule has 2 aliphatic rings. The van der Waals surface area contributed by atoms with Crippen LogP contribution in [0.4, 0.5) is 4.39 Å². The third-order valence-corrected chi connectivity index (χ3v) is 5.24. The van der Waals surface area contributed by atoms with Crippen molar-refractivity contribution < 1.29 is 18.4 Å². The average molecular weight is 392 g/mol. The van der Waals surface area contributed by atoms with Crippen molar-refractivity contribution in [3.8, 4) is 0 Å². The van der Waals surface area contributed by atoms with Crippen molar-refractivity contribution in [3.63, 3.8) is 0 Å². The Morgan fingerprint density at radius 1 is 1.24 bits per heavy atom. The minimum atomic E-state index is -0.495. The first-order valence-electron chi connectivity index (χ1n) is 9.82. The molecule has 1 aliphatic heterocycles. The zero-order chi connectivity index (χ0) is 20.3. The van der Waals surface area contributed by atoms with Gasteiger partial charge in [-0.05, 0) is 37.3 Å². The summed E-state index contributed by atoms with van der Waals surface area (Å²) in [5, 5.41) is 2.01. The SMILES string of the molecule is CCOC(=O)CCC[N+]1(Cc2ccnc(F)c2)C=CC=C2C=c3cccnc3=C21. The van der Waals surface area contributed by atoms with Crippen molar-refractivity contribution in [3.05, 3.63) is 82.7 Å². The number of hydrogen-bond acceptors (Lipinski definition) is 4. The number of pyridine rings is 2. The van der Waals surface area contributed by atoms with Crippen LogP contribution in [0.3, 0.4) is 0 Å². The van der Waals surface area contributed by atoms with Crippen molar-refractivity contribution in [2.75, 3.05) is 13.2 Å². The van der Waals surface area contributed by atoms with Crippen molar-refractivity contribution in [1.82, 2.24) is 9.97 Å². The van der Waals surface area contributed by atoms with Crippen molar-refractivity contribution in [2.24, 2.45) is 0 Å². The molecule has 29 heavy (non-hydrogen) atoms. The van der Waals surface area contributed by atoms with E-state index in [1.807, 2.05) is 24.3 Å². The van der Waals surface area contributed by atoms with Crippen LogP contribution in [-0.4, -0.2) is 33.6 Å². The average Bonchev–Trinajstić information content (AvgIpc) is 3.08. The van der Waals surface area contributed by atoms with Gasteiger partial charge in [0, 0.05) is 41.2 Å².